The number of halogens is 1. The second-order valence-electron chi connectivity index (χ2n) is 7.75. The maximum atomic E-state index is 13.5. The number of carbonyl (C=O) groups excluding carboxylic acids is 2. The Morgan fingerprint density at radius 1 is 0.786 bits per heavy atom. The molecule has 0 aromatic heterocycles. The maximum Gasteiger partial charge on any atom is 0.253 e. The number of rotatable bonds is 3. The molecule has 0 spiro atoms. The van der Waals surface area contributed by atoms with Gasteiger partial charge in [0, 0.05) is 31.7 Å². The van der Waals surface area contributed by atoms with Gasteiger partial charge in [0.15, 0.2) is 0 Å². The number of amides is 2. The topological polar surface area (TPSA) is 40.6 Å². The van der Waals surface area contributed by atoms with Crippen molar-refractivity contribution in [2.45, 2.75) is 31.1 Å². The van der Waals surface area contributed by atoms with Gasteiger partial charge in [0.25, 0.3) is 5.91 Å². The van der Waals surface area contributed by atoms with Crippen LogP contribution >= 0.6 is 0 Å². The molecule has 2 fully saturated rings. The molecular weight excluding hydrogens is 355 g/mol. The van der Waals surface area contributed by atoms with Crippen molar-refractivity contribution in [3.8, 4) is 0 Å². The number of benzene rings is 2. The molecule has 1 heterocycles. The molecule has 2 aromatic carbocycles. The Labute approximate surface area is 164 Å². The molecule has 4 nitrogen and oxygen atoms in total. The molecule has 0 N–H and O–H groups in total. The first kappa shape index (κ1) is 18.7. The molecule has 1 aliphatic heterocycles. The van der Waals surface area contributed by atoms with E-state index in [1.54, 1.807) is 4.90 Å². The second kappa shape index (κ2) is 7.74. The average molecular weight is 380 g/mol. The molecule has 1 aliphatic carbocycles. The van der Waals surface area contributed by atoms with Gasteiger partial charge in [0.1, 0.15) is 5.82 Å². The van der Waals surface area contributed by atoms with Gasteiger partial charge in [-0.1, -0.05) is 43.2 Å². The van der Waals surface area contributed by atoms with E-state index in [1.807, 2.05) is 23.1 Å². The quantitative estimate of drug-likeness (QED) is 0.816. The summed E-state index contributed by atoms with van der Waals surface area (Å²) in [4.78, 5) is 29.8. The largest absolute Gasteiger partial charge is 0.338 e. The highest BCUT2D eigenvalue weighted by molar-refractivity contribution is 5.94. The van der Waals surface area contributed by atoms with Gasteiger partial charge in [-0.25, -0.2) is 4.39 Å². The van der Waals surface area contributed by atoms with Gasteiger partial charge in [-0.15, -0.1) is 0 Å². The fourth-order valence-corrected chi connectivity index (χ4v) is 4.55. The minimum Gasteiger partial charge on any atom is -0.338 e. The summed E-state index contributed by atoms with van der Waals surface area (Å²) in [5.74, 6) is -0.259. The lowest BCUT2D eigenvalue weighted by Crippen LogP contribution is -2.55. The fourth-order valence-electron chi connectivity index (χ4n) is 4.55. The summed E-state index contributed by atoms with van der Waals surface area (Å²) < 4.78 is 13.1. The summed E-state index contributed by atoms with van der Waals surface area (Å²) in [7, 11) is 0. The highest BCUT2D eigenvalue weighted by Crippen LogP contribution is 2.42. The molecule has 0 bridgehead atoms. The normalized spacial score (nSPS) is 18.9. The van der Waals surface area contributed by atoms with Crippen molar-refractivity contribution in [3.05, 3.63) is 71.5 Å². The van der Waals surface area contributed by atoms with Crippen LogP contribution in [-0.4, -0.2) is 47.8 Å². The van der Waals surface area contributed by atoms with Crippen LogP contribution in [0.1, 0.15) is 41.6 Å². The van der Waals surface area contributed by atoms with E-state index >= 15 is 0 Å². The maximum absolute atomic E-state index is 13.5. The van der Waals surface area contributed by atoms with E-state index in [0.717, 1.165) is 31.2 Å². The van der Waals surface area contributed by atoms with Crippen LogP contribution in [0.15, 0.2) is 54.6 Å². The van der Waals surface area contributed by atoms with Crippen LogP contribution in [0, 0.1) is 5.82 Å². The Hall–Kier alpha value is -2.69. The van der Waals surface area contributed by atoms with Gasteiger partial charge in [0.2, 0.25) is 5.91 Å². The van der Waals surface area contributed by atoms with Crippen LogP contribution in [-0.2, 0) is 10.2 Å². The van der Waals surface area contributed by atoms with Crippen molar-refractivity contribution in [1.82, 2.24) is 9.80 Å². The van der Waals surface area contributed by atoms with Gasteiger partial charge in [0.05, 0.1) is 5.41 Å². The molecule has 1 saturated carbocycles. The lowest BCUT2D eigenvalue weighted by Gasteiger charge is -2.40. The van der Waals surface area contributed by atoms with E-state index in [4.69, 9.17) is 0 Å². The van der Waals surface area contributed by atoms with Crippen molar-refractivity contribution in [2.75, 3.05) is 26.2 Å². The summed E-state index contributed by atoms with van der Waals surface area (Å²) in [6.07, 6.45) is 3.93. The van der Waals surface area contributed by atoms with Gasteiger partial charge in [-0.05, 0) is 42.7 Å². The Kier molecular flexibility index (Phi) is 5.16. The predicted molar refractivity (Wildman–Crippen MR) is 105 cm³/mol. The van der Waals surface area contributed by atoms with Crippen LogP contribution in [0.4, 0.5) is 4.39 Å². The van der Waals surface area contributed by atoms with Crippen molar-refractivity contribution >= 4 is 11.8 Å². The minimum atomic E-state index is -0.412. The molecule has 0 unspecified atom stereocenters. The summed E-state index contributed by atoms with van der Waals surface area (Å²) in [5.41, 5.74) is 1.18. The summed E-state index contributed by atoms with van der Waals surface area (Å²) in [6, 6.07) is 15.7. The van der Waals surface area contributed by atoms with Crippen molar-refractivity contribution in [3.63, 3.8) is 0 Å². The Balaban J connectivity index is 1.45. The molecule has 1 saturated heterocycles. The van der Waals surface area contributed by atoms with E-state index < -0.39 is 5.41 Å². The fraction of sp³-hybridized carbons (Fsp3) is 0.391. The van der Waals surface area contributed by atoms with Crippen LogP contribution < -0.4 is 0 Å². The van der Waals surface area contributed by atoms with E-state index in [0.29, 0.717) is 31.7 Å². The first-order valence-electron chi connectivity index (χ1n) is 10.00. The summed E-state index contributed by atoms with van der Waals surface area (Å²) in [5, 5.41) is 0. The van der Waals surface area contributed by atoms with Crippen molar-refractivity contribution in [2.24, 2.45) is 0 Å². The molecule has 146 valence electrons. The van der Waals surface area contributed by atoms with E-state index in [2.05, 4.69) is 12.1 Å². The third kappa shape index (κ3) is 3.41. The van der Waals surface area contributed by atoms with Gasteiger partial charge < -0.3 is 9.80 Å². The van der Waals surface area contributed by atoms with Crippen LogP contribution in [0.5, 0.6) is 0 Å². The standard InChI is InChI=1S/C23H25FN2O2/c24-20-10-8-18(9-11-20)21(27)25-14-16-26(17-15-25)22(28)23(12-4-5-13-23)19-6-2-1-3-7-19/h1-3,6-11H,4-5,12-17H2. The molecule has 28 heavy (non-hydrogen) atoms. The zero-order valence-electron chi connectivity index (χ0n) is 15.9. The van der Waals surface area contributed by atoms with Crippen molar-refractivity contribution < 1.29 is 14.0 Å². The molecule has 2 aliphatic rings. The smallest absolute Gasteiger partial charge is 0.253 e. The van der Waals surface area contributed by atoms with E-state index in [9.17, 15) is 14.0 Å². The lowest BCUT2D eigenvalue weighted by atomic mass is 9.77. The monoisotopic (exact) mass is 380 g/mol. The summed E-state index contributed by atoms with van der Waals surface area (Å²) in [6.45, 7) is 2.10. The van der Waals surface area contributed by atoms with Crippen LogP contribution in [0.2, 0.25) is 0 Å². The SMILES string of the molecule is O=C(c1ccc(F)cc1)N1CCN(C(=O)C2(c3ccccc3)CCCC2)CC1. The minimum absolute atomic E-state index is 0.106. The Morgan fingerprint density at radius 2 is 1.36 bits per heavy atom. The first-order valence-corrected chi connectivity index (χ1v) is 10.00. The van der Waals surface area contributed by atoms with Crippen LogP contribution in [0.25, 0.3) is 0 Å². The van der Waals surface area contributed by atoms with E-state index in [-0.39, 0.29) is 17.6 Å². The number of hydrogen-bond acceptors (Lipinski definition) is 2. The van der Waals surface area contributed by atoms with Crippen LogP contribution in [0.3, 0.4) is 0 Å². The summed E-state index contributed by atoms with van der Waals surface area (Å²) >= 11 is 0. The number of piperazine rings is 1. The zero-order valence-corrected chi connectivity index (χ0v) is 15.9. The third-order valence-electron chi connectivity index (χ3n) is 6.14. The number of hydrogen-bond donors (Lipinski definition) is 0. The van der Waals surface area contributed by atoms with Crippen molar-refractivity contribution in [1.29, 1.82) is 0 Å². The third-order valence-corrected chi connectivity index (χ3v) is 6.14. The first-order chi connectivity index (χ1) is 13.6. The van der Waals surface area contributed by atoms with E-state index in [1.165, 1.54) is 24.3 Å². The Morgan fingerprint density at radius 3 is 1.96 bits per heavy atom. The molecule has 0 radical (unpaired) electrons. The number of carbonyl (C=O) groups is 2. The highest BCUT2D eigenvalue weighted by atomic mass is 19.1. The molecule has 0 atom stereocenters. The molecule has 2 aromatic rings. The lowest BCUT2D eigenvalue weighted by molar-refractivity contribution is -0.138. The van der Waals surface area contributed by atoms with Gasteiger partial charge >= 0.3 is 0 Å². The van der Waals surface area contributed by atoms with Gasteiger partial charge in [-0.2, -0.15) is 0 Å². The molecule has 5 heteroatoms. The Bertz CT molecular complexity index is 837. The average Bonchev–Trinajstić information content (AvgIpc) is 3.25. The molecular formula is C23H25FN2O2. The number of nitrogens with zero attached hydrogens (tertiary/aromatic N) is 2. The van der Waals surface area contributed by atoms with Gasteiger partial charge in [-0.3, -0.25) is 9.59 Å². The predicted octanol–water partition coefficient (Wildman–Crippen LogP) is 3.62. The molecule has 4 rings (SSSR count). The zero-order chi connectivity index (χ0) is 19.6. The molecule has 2 amide bonds. The second-order valence-corrected chi connectivity index (χ2v) is 7.75. The highest BCUT2D eigenvalue weighted by Gasteiger charge is 2.45.